The molecule has 3 N–H and O–H groups in total. The van der Waals surface area contributed by atoms with Gasteiger partial charge >= 0.3 is 0 Å². The van der Waals surface area contributed by atoms with Gasteiger partial charge < -0.3 is 16.0 Å². The first-order valence-corrected chi connectivity index (χ1v) is 12.0. The topological polar surface area (TPSA) is 36.1 Å². The van der Waals surface area contributed by atoms with Crippen LogP contribution in [0, 0.1) is 0 Å². The molecule has 0 aromatic heterocycles. The summed E-state index contributed by atoms with van der Waals surface area (Å²) in [6.45, 7) is 18.3. The van der Waals surface area contributed by atoms with Crippen molar-refractivity contribution in [3.63, 3.8) is 0 Å². The maximum atomic E-state index is 3.64. The van der Waals surface area contributed by atoms with Crippen LogP contribution < -0.4 is 16.0 Å². The van der Waals surface area contributed by atoms with E-state index < -0.39 is 0 Å². The van der Waals surface area contributed by atoms with E-state index in [4.69, 9.17) is 0 Å². The molecule has 0 amide bonds. The van der Waals surface area contributed by atoms with Crippen molar-refractivity contribution in [3.05, 3.63) is 0 Å². The SMILES string of the molecule is CCNC(CNCC(NCC)[Si](C)C)[Si](C)C. The van der Waals surface area contributed by atoms with Crippen LogP contribution in [0.25, 0.3) is 0 Å². The van der Waals surface area contributed by atoms with Gasteiger partial charge in [0.1, 0.15) is 0 Å². The Labute approximate surface area is 111 Å². The van der Waals surface area contributed by atoms with E-state index in [-0.39, 0.29) is 17.6 Å². The van der Waals surface area contributed by atoms with E-state index >= 15 is 0 Å². The van der Waals surface area contributed by atoms with Gasteiger partial charge in [0.15, 0.2) is 0 Å². The highest BCUT2D eigenvalue weighted by Crippen LogP contribution is 1.93. The monoisotopic (exact) mass is 273 g/mol. The van der Waals surface area contributed by atoms with Gasteiger partial charge in [-0.15, -0.1) is 0 Å². The second-order valence-corrected chi connectivity index (χ2v) is 10.7. The van der Waals surface area contributed by atoms with Crippen LogP contribution in [0.3, 0.4) is 0 Å². The van der Waals surface area contributed by atoms with E-state index in [1.165, 1.54) is 0 Å². The van der Waals surface area contributed by atoms with Gasteiger partial charge in [-0.3, -0.25) is 0 Å². The Balaban J connectivity index is 3.91. The quantitative estimate of drug-likeness (QED) is 0.522. The van der Waals surface area contributed by atoms with E-state index in [9.17, 15) is 0 Å². The van der Waals surface area contributed by atoms with E-state index in [1.54, 1.807) is 0 Å². The summed E-state index contributed by atoms with van der Waals surface area (Å²) in [6.07, 6.45) is 0. The van der Waals surface area contributed by atoms with Gasteiger partial charge in [-0.05, 0) is 13.1 Å². The summed E-state index contributed by atoms with van der Waals surface area (Å²) in [5, 5.41) is 10.8. The number of hydrogen-bond donors (Lipinski definition) is 3. The highest BCUT2D eigenvalue weighted by molar-refractivity contribution is 6.58. The minimum Gasteiger partial charge on any atom is -0.316 e. The fourth-order valence-electron chi connectivity index (χ4n) is 1.83. The predicted molar refractivity (Wildman–Crippen MR) is 82.8 cm³/mol. The molecule has 0 bridgehead atoms. The van der Waals surface area contributed by atoms with Gasteiger partial charge in [-0.2, -0.15) is 0 Å². The smallest absolute Gasteiger partial charge is 0.0640 e. The van der Waals surface area contributed by atoms with Crippen molar-refractivity contribution in [2.75, 3.05) is 26.2 Å². The van der Waals surface area contributed by atoms with Crippen LogP contribution in [-0.4, -0.2) is 55.1 Å². The van der Waals surface area contributed by atoms with Gasteiger partial charge in [-0.1, -0.05) is 40.0 Å². The second-order valence-electron chi connectivity index (χ2n) is 5.03. The molecular weight excluding hydrogens is 242 g/mol. The van der Waals surface area contributed by atoms with Crippen molar-refractivity contribution in [1.29, 1.82) is 0 Å². The fraction of sp³-hybridized carbons (Fsp3) is 1.00. The maximum Gasteiger partial charge on any atom is 0.0640 e. The van der Waals surface area contributed by atoms with Crippen LogP contribution in [0.5, 0.6) is 0 Å². The molecule has 2 unspecified atom stereocenters. The Bertz CT molecular complexity index is 159. The standard InChI is InChI=1S/C12H31N3Si2/c1-7-14-11(16(3)4)9-13-10-12(15-8-2)17(5)6/h11-15H,7-10H2,1-6H3. The Morgan fingerprint density at radius 2 is 1.12 bits per heavy atom. The molecule has 0 aliphatic carbocycles. The third-order valence-electron chi connectivity index (χ3n) is 2.99. The number of nitrogens with one attached hydrogen (secondary N) is 3. The first kappa shape index (κ1) is 17.3. The molecule has 102 valence electrons. The zero-order valence-electron chi connectivity index (χ0n) is 12.5. The van der Waals surface area contributed by atoms with Gasteiger partial charge in [0.25, 0.3) is 0 Å². The van der Waals surface area contributed by atoms with Crippen LogP contribution >= 0.6 is 0 Å². The first-order valence-electron chi connectivity index (χ1n) is 6.80. The van der Waals surface area contributed by atoms with E-state index in [0.29, 0.717) is 11.3 Å². The number of rotatable bonds is 10. The predicted octanol–water partition coefficient (Wildman–Crippen LogP) is 1.12. The third kappa shape index (κ3) is 8.10. The summed E-state index contributed by atoms with van der Waals surface area (Å²) < 4.78 is 0. The van der Waals surface area contributed by atoms with Crippen molar-refractivity contribution in [2.24, 2.45) is 0 Å². The van der Waals surface area contributed by atoms with Gasteiger partial charge in [0.05, 0.1) is 17.6 Å². The van der Waals surface area contributed by atoms with Gasteiger partial charge in [0, 0.05) is 24.4 Å². The largest absolute Gasteiger partial charge is 0.316 e. The Hall–Kier alpha value is 0.314. The number of likely N-dealkylation sites (N-methyl/N-ethyl adjacent to an activating group) is 2. The minimum atomic E-state index is -0.251. The molecule has 0 spiro atoms. The molecule has 0 aromatic carbocycles. The van der Waals surface area contributed by atoms with Crippen molar-refractivity contribution >= 4 is 17.6 Å². The van der Waals surface area contributed by atoms with Crippen LogP contribution in [0.2, 0.25) is 26.2 Å². The Kier molecular flexibility index (Phi) is 10.4. The molecule has 0 aromatic rings. The highest BCUT2D eigenvalue weighted by Gasteiger charge is 2.16. The summed E-state index contributed by atoms with van der Waals surface area (Å²) in [5.41, 5.74) is 1.38. The van der Waals surface area contributed by atoms with Crippen LogP contribution in [-0.2, 0) is 0 Å². The van der Waals surface area contributed by atoms with Crippen molar-refractivity contribution in [2.45, 2.75) is 51.4 Å². The van der Waals surface area contributed by atoms with Gasteiger partial charge in [-0.25, -0.2) is 0 Å². The normalized spacial score (nSPS) is 15.5. The molecule has 0 fully saturated rings. The molecule has 0 saturated heterocycles. The van der Waals surface area contributed by atoms with Crippen molar-refractivity contribution in [1.82, 2.24) is 16.0 Å². The van der Waals surface area contributed by atoms with E-state index in [1.807, 2.05) is 0 Å². The molecule has 0 saturated carbocycles. The lowest BCUT2D eigenvalue weighted by Crippen LogP contribution is -2.52. The molecule has 2 radical (unpaired) electrons. The lowest BCUT2D eigenvalue weighted by atomic mass is 10.5. The van der Waals surface area contributed by atoms with Crippen LogP contribution in [0.15, 0.2) is 0 Å². The molecule has 2 atom stereocenters. The summed E-state index contributed by atoms with van der Waals surface area (Å²) >= 11 is 0. The Morgan fingerprint density at radius 3 is 1.35 bits per heavy atom. The second kappa shape index (κ2) is 10.3. The zero-order chi connectivity index (χ0) is 13.3. The summed E-state index contributed by atoms with van der Waals surface area (Å²) in [5.74, 6) is 0. The van der Waals surface area contributed by atoms with Crippen LogP contribution in [0.4, 0.5) is 0 Å². The Morgan fingerprint density at radius 1 is 0.765 bits per heavy atom. The molecule has 3 nitrogen and oxygen atoms in total. The number of hydrogen-bond acceptors (Lipinski definition) is 3. The van der Waals surface area contributed by atoms with E-state index in [0.717, 1.165) is 26.2 Å². The first-order chi connectivity index (χ1) is 8.02. The zero-order valence-corrected chi connectivity index (χ0v) is 14.5. The molecule has 0 rings (SSSR count). The van der Waals surface area contributed by atoms with Crippen molar-refractivity contribution < 1.29 is 0 Å². The summed E-state index contributed by atoms with van der Waals surface area (Å²) in [7, 11) is -0.502. The van der Waals surface area contributed by atoms with E-state index in [2.05, 4.69) is 56.0 Å². The molecule has 0 heterocycles. The molecular formula is C12H31N3Si2. The van der Waals surface area contributed by atoms with Crippen molar-refractivity contribution in [3.8, 4) is 0 Å². The molecule has 0 aliphatic heterocycles. The fourth-order valence-corrected chi connectivity index (χ4v) is 4.16. The summed E-state index contributed by atoms with van der Waals surface area (Å²) in [4.78, 5) is 0. The third-order valence-corrected chi connectivity index (χ3v) is 6.60. The molecule has 0 aliphatic rings. The lowest BCUT2D eigenvalue weighted by molar-refractivity contribution is 0.539. The minimum absolute atomic E-state index is 0.251. The molecule has 5 heteroatoms. The van der Waals surface area contributed by atoms with Gasteiger partial charge in [0.2, 0.25) is 0 Å². The average Bonchev–Trinajstić information content (AvgIpc) is 2.26. The van der Waals surface area contributed by atoms with Crippen LogP contribution in [0.1, 0.15) is 13.8 Å². The lowest BCUT2D eigenvalue weighted by Gasteiger charge is -2.25. The highest BCUT2D eigenvalue weighted by atomic mass is 28.3. The molecule has 17 heavy (non-hydrogen) atoms. The summed E-state index contributed by atoms with van der Waals surface area (Å²) in [6, 6.07) is 0. The maximum absolute atomic E-state index is 3.64. The average molecular weight is 274 g/mol.